The van der Waals surface area contributed by atoms with Gasteiger partial charge in [0.1, 0.15) is 10.2 Å². The second kappa shape index (κ2) is 7.32. The Balaban J connectivity index is 1.70. The summed E-state index contributed by atoms with van der Waals surface area (Å²) in [5.41, 5.74) is 0.739. The van der Waals surface area contributed by atoms with Crippen molar-refractivity contribution in [1.82, 2.24) is 15.1 Å². The molecule has 0 spiro atoms. The molecule has 4 nitrogen and oxygen atoms in total. The molecule has 0 unspecified atom stereocenters. The topological polar surface area (TPSA) is 46.9 Å². The lowest BCUT2D eigenvalue weighted by atomic mass is 9.89. The first kappa shape index (κ1) is 15.6. The molecule has 0 radical (unpaired) electrons. The van der Waals surface area contributed by atoms with Crippen LogP contribution in [0.2, 0.25) is 10.2 Å². The van der Waals surface area contributed by atoms with E-state index in [4.69, 9.17) is 23.2 Å². The predicted octanol–water partition coefficient (Wildman–Crippen LogP) is 3.58. The fraction of sp³-hybridized carbons (Fsp3) is 0.714. The highest BCUT2D eigenvalue weighted by Gasteiger charge is 2.20. The monoisotopic (exact) mass is 317 g/mol. The zero-order valence-electron chi connectivity index (χ0n) is 11.8. The maximum atomic E-state index is 12.0. The molecule has 1 heterocycles. The van der Waals surface area contributed by atoms with Gasteiger partial charge in [-0.3, -0.25) is 9.48 Å². The number of carbonyl (C=O) groups is 1. The van der Waals surface area contributed by atoms with Gasteiger partial charge in [0.2, 0.25) is 5.91 Å². The SMILES string of the molecule is Cc1nn(CCCNC(=O)C2CCCCC2)c(Cl)c1Cl. The molecule has 0 aliphatic heterocycles. The number of amides is 1. The van der Waals surface area contributed by atoms with Gasteiger partial charge in [-0.05, 0) is 26.2 Å². The van der Waals surface area contributed by atoms with E-state index in [0.29, 0.717) is 23.3 Å². The minimum Gasteiger partial charge on any atom is -0.356 e. The van der Waals surface area contributed by atoms with Crippen LogP contribution in [0.3, 0.4) is 0 Å². The van der Waals surface area contributed by atoms with Crippen LogP contribution in [0, 0.1) is 12.8 Å². The molecule has 20 heavy (non-hydrogen) atoms. The van der Waals surface area contributed by atoms with E-state index in [1.54, 1.807) is 4.68 Å². The van der Waals surface area contributed by atoms with Crippen LogP contribution in [0.4, 0.5) is 0 Å². The Bertz CT molecular complexity index is 467. The van der Waals surface area contributed by atoms with Gasteiger partial charge < -0.3 is 5.32 Å². The zero-order chi connectivity index (χ0) is 14.5. The number of carbonyl (C=O) groups excluding carboxylic acids is 1. The number of hydrogen-bond acceptors (Lipinski definition) is 2. The fourth-order valence-electron chi connectivity index (χ4n) is 2.63. The van der Waals surface area contributed by atoms with E-state index in [0.717, 1.165) is 25.0 Å². The number of aryl methyl sites for hydroxylation is 2. The van der Waals surface area contributed by atoms with E-state index < -0.39 is 0 Å². The molecule has 0 atom stereocenters. The number of aromatic nitrogens is 2. The molecule has 6 heteroatoms. The number of hydrogen-bond donors (Lipinski definition) is 1. The van der Waals surface area contributed by atoms with Crippen LogP contribution in [0.15, 0.2) is 0 Å². The summed E-state index contributed by atoms with van der Waals surface area (Å²) >= 11 is 12.0. The molecule has 1 saturated carbocycles. The minimum atomic E-state index is 0.200. The third kappa shape index (κ3) is 3.89. The van der Waals surface area contributed by atoms with Crippen molar-refractivity contribution in [3.8, 4) is 0 Å². The Kier molecular flexibility index (Phi) is 5.73. The van der Waals surface area contributed by atoms with Crippen LogP contribution in [-0.4, -0.2) is 22.2 Å². The standard InChI is InChI=1S/C14H21Cl2N3O/c1-10-12(15)13(16)19(18-10)9-5-8-17-14(20)11-6-3-2-4-7-11/h11H,2-9H2,1H3,(H,17,20). The molecule has 0 aromatic carbocycles. The molecular weight excluding hydrogens is 297 g/mol. The summed E-state index contributed by atoms with van der Waals surface area (Å²) in [5.74, 6) is 0.416. The molecule has 1 aliphatic carbocycles. The van der Waals surface area contributed by atoms with Gasteiger partial charge in [-0.1, -0.05) is 42.5 Å². The second-order valence-corrected chi connectivity index (χ2v) is 6.13. The van der Waals surface area contributed by atoms with Gasteiger partial charge in [-0.15, -0.1) is 0 Å². The van der Waals surface area contributed by atoms with Gasteiger partial charge in [-0.25, -0.2) is 0 Å². The van der Waals surface area contributed by atoms with Crippen molar-refractivity contribution < 1.29 is 4.79 Å². The first-order chi connectivity index (χ1) is 9.59. The van der Waals surface area contributed by atoms with Crippen molar-refractivity contribution in [1.29, 1.82) is 0 Å². The molecular formula is C14H21Cl2N3O. The van der Waals surface area contributed by atoms with Crippen LogP contribution in [0.1, 0.15) is 44.2 Å². The van der Waals surface area contributed by atoms with Crippen molar-refractivity contribution in [2.75, 3.05) is 6.54 Å². The third-order valence-electron chi connectivity index (χ3n) is 3.82. The molecule has 0 bridgehead atoms. The van der Waals surface area contributed by atoms with Gasteiger partial charge >= 0.3 is 0 Å². The number of rotatable bonds is 5. The van der Waals surface area contributed by atoms with Gasteiger partial charge in [0, 0.05) is 19.0 Å². The summed E-state index contributed by atoms with van der Waals surface area (Å²) in [7, 11) is 0. The van der Waals surface area contributed by atoms with Crippen LogP contribution in [-0.2, 0) is 11.3 Å². The molecule has 1 aliphatic rings. The lowest BCUT2D eigenvalue weighted by Crippen LogP contribution is -2.33. The number of nitrogens with zero attached hydrogens (tertiary/aromatic N) is 2. The Morgan fingerprint density at radius 3 is 2.65 bits per heavy atom. The van der Waals surface area contributed by atoms with E-state index in [1.165, 1.54) is 19.3 Å². The fourth-order valence-corrected chi connectivity index (χ4v) is 3.02. The highest BCUT2D eigenvalue weighted by Crippen LogP contribution is 2.25. The van der Waals surface area contributed by atoms with E-state index in [2.05, 4.69) is 10.4 Å². The lowest BCUT2D eigenvalue weighted by molar-refractivity contribution is -0.125. The van der Waals surface area contributed by atoms with E-state index in [1.807, 2.05) is 6.92 Å². The maximum absolute atomic E-state index is 12.0. The summed E-state index contributed by atoms with van der Waals surface area (Å²) in [6.45, 7) is 3.15. The Morgan fingerprint density at radius 2 is 2.05 bits per heavy atom. The first-order valence-corrected chi connectivity index (χ1v) is 8.01. The first-order valence-electron chi connectivity index (χ1n) is 7.25. The Morgan fingerprint density at radius 1 is 1.35 bits per heavy atom. The predicted molar refractivity (Wildman–Crippen MR) is 81.2 cm³/mol. The molecule has 1 N–H and O–H groups in total. The lowest BCUT2D eigenvalue weighted by Gasteiger charge is -2.20. The van der Waals surface area contributed by atoms with Gasteiger partial charge in [0.15, 0.2) is 0 Å². The molecule has 1 amide bonds. The molecule has 112 valence electrons. The summed E-state index contributed by atoms with van der Waals surface area (Å²) in [6.07, 6.45) is 6.49. The van der Waals surface area contributed by atoms with Crippen LogP contribution in [0.5, 0.6) is 0 Å². The summed E-state index contributed by atoms with van der Waals surface area (Å²) < 4.78 is 1.69. The normalized spacial score (nSPS) is 16.4. The Hall–Kier alpha value is -0.740. The van der Waals surface area contributed by atoms with Gasteiger partial charge in [-0.2, -0.15) is 5.10 Å². The van der Waals surface area contributed by atoms with E-state index in [-0.39, 0.29) is 11.8 Å². The van der Waals surface area contributed by atoms with Crippen molar-refractivity contribution in [3.63, 3.8) is 0 Å². The van der Waals surface area contributed by atoms with E-state index >= 15 is 0 Å². The van der Waals surface area contributed by atoms with Crippen LogP contribution in [0.25, 0.3) is 0 Å². The molecule has 0 saturated heterocycles. The highest BCUT2D eigenvalue weighted by atomic mass is 35.5. The van der Waals surface area contributed by atoms with Gasteiger partial charge in [0.25, 0.3) is 0 Å². The quantitative estimate of drug-likeness (QED) is 0.844. The molecule has 1 fully saturated rings. The molecule has 2 rings (SSSR count). The average Bonchev–Trinajstić information content (AvgIpc) is 2.71. The number of nitrogens with one attached hydrogen (secondary N) is 1. The van der Waals surface area contributed by atoms with Crippen LogP contribution < -0.4 is 5.32 Å². The average molecular weight is 318 g/mol. The minimum absolute atomic E-state index is 0.200. The van der Waals surface area contributed by atoms with Crippen molar-refractivity contribution in [2.24, 2.45) is 5.92 Å². The molecule has 1 aromatic heterocycles. The molecule has 1 aromatic rings. The smallest absolute Gasteiger partial charge is 0.223 e. The summed E-state index contributed by atoms with van der Waals surface area (Å²) in [4.78, 5) is 12.0. The van der Waals surface area contributed by atoms with Gasteiger partial charge in [0.05, 0.1) is 5.69 Å². The van der Waals surface area contributed by atoms with E-state index in [9.17, 15) is 4.79 Å². The maximum Gasteiger partial charge on any atom is 0.223 e. The van der Waals surface area contributed by atoms with Crippen molar-refractivity contribution >= 4 is 29.1 Å². The highest BCUT2D eigenvalue weighted by molar-refractivity contribution is 6.41. The second-order valence-electron chi connectivity index (χ2n) is 5.39. The third-order valence-corrected chi connectivity index (χ3v) is 4.75. The number of halogens is 2. The van der Waals surface area contributed by atoms with Crippen molar-refractivity contribution in [3.05, 3.63) is 15.9 Å². The van der Waals surface area contributed by atoms with Crippen LogP contribution >= 0.6 is 23.2 Å². The summed E-state index contributed by atoms with van der Waals surface area (Å²) in [6, 6.07) is 0. The Labute approximate surface area is 129 Å². The summed E-state index contributed by atoms with van der Waals surface area (Å²) in [5, 5.41) is 8.25. The largest absolute Gasteiger partial charge is 0.356 e. The van der Waals surface area contributed by atoms with Crippen molar-refractivity contribution in [2.45, 2.75) is 52.0 Å². The zero-order valence-corrected chi connectivity index (χ0v) is 13.3.